The van der Waals surface area contributed by atoms with Crippen LogP contribution in [-0.4, -0.2) is 22.5 Å². The van der Waals surface area contributed by atoms with E-state index in [1.165, 1.54) is 34.6 Å². The third kappa shape index (κ3) is 1.50. The lowest BCUT2D eigenvalue weighted by molar-refractivity contribution is 0.0606. The number of rotatable bonds is 1. The van der Waals surface area contributed by atoms with Gasteiger partial charge in [-0.25, -0.2) is 9.78 Å². The van der Waals surface area contributed by atoms with Gasteiger partial charge in [-0.15, -0.1) is 11.3 Å². The van der Waals surface area contributed by atoms with Gasteiger partial charge < -0.3 is 4.74 Å². The molecule has 0 amide bonds. The molecule has 3 aromatic rings. The number of carbonyl (C=O) groups is 1. The van der Waals surface area contributed by atoms with Crippen LogP contribution in [0.25, 0.3) is 16.2 Å². The summed E-state index contributed by atoms with van der Waals surface area (Å²) in [7, 11) is 1.40. The molecule has 3 heterocycles. The highest BCUT2D eigenvalue weighted by Gasteiger charge is 2.24. The van der Waals surface area contributed by atoms with Crippen molar-refractivity contribution in [3.05, 3.63) is 33.1 Å². The molecule has 3 aromatic heterocycles. The number of imidazole rings is 1. The highest BCUT2D eigenvalue weighted by atomic mass is 32.1. The molecule has 0 aliphatic heterocycles. The summed E-state index contributed by atoms with van der Waals surface area (Å²) in [6.45, 7) is 0. The van der Waals surface area contributed by atoms with Gasteiger partial charge in [-0.2, -0.15) is 0 Å². The first kappa shape index (κ1) is 11.2. The number of thiazole rings is 1. The molecule has 0 fully saturated rings. The minimum atomic E-state index is -0.295. The van der Waals surface area contributed by atoms with E-state index in [0.29, 0.717) is 4.88 Å². The number of nitrogens with zero attached hydrogens (tertiary/aromatic N) is 2. The lowest BCUT2D eigenvalue weighted by Crippen LogP contribution is -2.03. The van der Waals surface area contributed by atoms with Crippen molar-refractivity contribution in [2.75, 3.05) is 7.11 Å². The van der Waals surface area contributed by atoms with Crippen molar-refractivity contribution in [1.82, 2.24) is 9.38 Å². The van der Waals surface area contributed by atoms with E-state index in [1.54, 1.807) is 11.3 Å². The van der Waals surface area contributed by atoms with E-state index in [-0.39, 0.29) is 5.97 Å². The van der Waals surface area contributed by atoms with Gasteiger partial charge in [0.15, 0.2) is 4.96 Å². The minimum Gasteiger partial charge on any atom is -0.465 e. The molecule has 0 bridgehead atoms. The van der Waals surface area contributed by atoms with Gasteiger partial charge >= 0.3 is 5.97 Å². The largest absolute Gasteiger partial charge is 0.465 e. The molecule has 0 unspecified atom stereocenters. The second-order valence-corrected chi connectivity index (χ2v) is 6.41. The van der Waals surface area contributed by atoms with Crippen LogP contribution in [0.15, 0.2) is 17.6 Å². The molecule has 4 nitrogen and oxygen atoms in total. The zero-order valence-electron chi connectivity index (χ0n) is 10.2. The fourth-order valence-corrected chi connectivity index (χ4v) is 4.32. The lowest BCUT2D eigenvalue weighted by atomic mass is 10.0. The maximum Gasteiger partial charge on any atom is 0.349 e. The van der Waals surface area contributed by atoms with Crippen molar-refractivity contribution in [3.8, 4) is 11.3 Å². The number of fused-ring (bicyclic) bond motifs is 5. The Labute approximate surface area is 117 Å². The third-order valence-electron chi connectivity index (χ3n) is 3.40. The summed E-state index contributed by atoms with van der Waals surface area (Å²) < 4.78 is 6.79. The number of thiophene rings is 1. The van der Waals surface area contributed by atoms with E-state index in [2.05, 4.69) is 16.4 Å². The van der Waals surface area contributed by atoms with Crippen molar-refractivity contribution in [3.63, 3.8) is 0 Å². The van der Waals surface area contributed by atoms with Crippen LogP contribution in [0.4, 0.5) is 0 Å². The Kier molecular flexibility index (Phi) is 2.31. The summed E-state index contributed by atoms with van der Waals surface area (Å²) in [5.74, 6) is -0.295. The molecular formula is C13H10N2O2S2. The number of esters is 1. The molecule has 0 saturated heterocycles. The lowest BCUT2D eigenvalue weighted by Gasteiger charge is -2.10. The molecule has 0 atom stereocenters. The number of hydrogen-bond acceptors (Lipinski definition) is 5. The Bertz CT molecular complexity index is 797. The predicted octanol–water partition coefficient (Wildman–Crippen LogP) is 3.01. The number of carbonyl (C=O) groups excluding carboxylic acids is 1. The Morgan fingerprint density at radius 2 is 2.37 bits per heavy atom. The van der Waals surface area contributed by atoms with Gasteiger partial charge in [0.2, 0.25) is 0 Å². The Hall–Kier alpha value is -1.66. The van der Waals surface area contributed by atoms with Gasteiger partial charge in [0.05, 0.1) is 18.5 Å². The van der Waals surface area contributed by atoms with Crippen LogP contribution in [0.1, 0.15) is 20.2 Å². The number of methoxy groups -OCH3 is 1. The first-order valence-corrected chi connectivity index (χ1v) is 7.63. The van der Waals surface area contributed by atoms with Gasteiger partial charge in [-0.05, 0) is 24.3 Å². The molecule has 0 saturated carbocycles. The zero-order valence-corrected chi connectivity index (χ0v) is 11.8. The van der Waals surface area contributed by atoms with Gasteiger partial charge in [-0.3, -0.25) is 4.40 Å². The summed E-state index contributed by atoms with van der Waals surface area (Å²) in [5.41, 5.74) is 3.53. The summed E-state index contributed by atoms with van der Waals surface area (Å²) >= 11 is 3.17. The van der Waals surface area contributed by atoms with Gasteiger partial charge in [-0.1, -0.05) is 11.3 Å². The van der Waals surface area contributed by atoms with E-state index in [1.807, 2.05) is 10.6 Å². The smallest absolute Gasteiger partial charge is 0.349 e. The predicted molar refractivity (Wildman–Crippen MR) is 75.1 cm³/mol. The highest BCUT2D eigenvalue weighted by Crippen LogP contribution is 2.37. The molecule has 0 spiro atoms. The summed E-state index contributed by atoms with van der Waals surface area (Å²) in [5, 5.41) is 2.12. The second kappa shape index (κ2) is 3.91. The Morgan fingerprint density at radius 3 is 3.21 bits per heavy atom. The summed E-state index contributed by atoms with van der Waals surface area (Å²) in [6, 6.07) is 2.14. The summed E-state index contributed by atoms with van der Waals surface area (Å²) in [6.07, 6.45) is 3.87. The Morgan fingerprint density at radius 1 is 1.47 bits per heavy atom. The molecule has 0 aromatic carbocycles. The van der Waals surface area contributed by atoms with E-state index in [9.17, 15) is 4.79 Å². The average Bonchev–Trinajstić information content (AvgIpc) is 3.09. The number of aryl methyl sites for hydroxylation is 2. The minimum absolute atomic E-state index is 0.295. The van der Waals surface area contributed by atoms with Gasteiger partial charge in [0, 0.05) is 16.6 Å². The monoisotopic (exact) mass is 290 g/mol. The van der Waals surface area contributed by atoms with Crippen molar-refractivity contribution in [2.24, 2.45) is 0 Å². The van der Waals surface area contributed by atoms with Crippen LogP contribution in [0.5, 0.6) is 0 Å². The van der Waals surface area contributed by atoms with E-state index < -0.39 is 0 Å². The number of ether oxygens (including phenoxy) is 1. The molecule has 4 rings (SSSR count). The standard InChI is InChI=1S/C13H10N2O2S2/c1-17-12(16)10-6-15-8-2-3-9-7(4-5-18-9)11(8)14-13(15)19-10/h4-6H,2-3H2,1H3. The van der Waals surface area contributed by atoms with Crippen LogP contribution in [0.3, 0.4) is 0 Å². The SMILES string of the molecule is COC(=O)c1cn2c3c(nc2s1)-c1ccsc1CC3. The molecule has 1 aliphatic rings. The molecular weight excluding hydrogens is 280 g/mol. The first-order valence-electron chi connectivity index (χ1n) is 5.93. The van der Waals surface area contributed by atoms with Crippen LogP contribution >= 0.6 is 22.7 Å². The maximum absolute atomic E-state index is 11.6. The molecule has 0 N–H and O–H groups in total. The molecule has 19 heavy (non-hydrogen) atoms. The van der Waals surface area contributed by atoms with Crippen LogP contribution in [0, 0.1) is 0 Å². The maximum atomic E-state index is 11.6. The zero-order chi connectivity index (χ0) is 13.0. The van der Waals surface area contributed by atoms with Crippen molar-refractivity contribution in [2.45, 2.75) is 12.8 Å². The summed E-state index contributed by atoms with van der Waals surface area (Å²) in [4.78, 5) is 19.1. The molecule has 96 valence electrons. The van der Waals surface area contributed by atoms with E-state index in [0.717, 1.165) is 23.5 Å². The fraction of sp³-hybridized carbons (Fsp3) is 0.231. The van der Waals surface area contributed by atoms with Gasteiger partial charge in [0.25, 0.3) is 0 Å². The second-order valence-electron chi connectivity index (χ2n) is 4.40. The topological polar surface area (TPSA) is 43.6 Å². The van der Waals surface area contributed by atoms with Crippen LogP contribution < -0.4 is 0 Å². The third-order valence-corrected chi connectivity index (χ3v) is 5.34. The van der Waals surface area contributed by atoms with Crippen LogP contribution in [0.2, 0.25) is 0 Å². The molecule has 0 radical (unpaired) electrons. The number of aromatic nitrogens is 2. The quantitative estimate of drug-likeness (QED) is 0.647. The van der Waals surface area contributed by atoms with Gasteiger partial charge in [0.1, 0.15) is 4.88 Å². The first-order chi connectivity index (χ1) is 9.28. The Balaban J connectivity index is 1.93. The fourth-order valence-electron chi connectivity index (χ4n) is 2.52. The van der Waals surface area contributed by atoms with Crippen molar-refractivity contribution in [1.29, 1.82) is 0 Å². The normalized spacial score (nSPS) is 13.3. The van der Waals surface area contributed by atoms with E-state index in [4.69, 9.17) is 4.74 Å². The van der Waals surface area contributed by atoms with Crippen molar-refractivity contribution >= 4 is 33.6 Å². The van der Waals surface area contributed by atoms with Crippen LogP contribution in [-0.2, 0) is 17.6 Å². The molecule has 1 aliphatic carbocycles. The average molecular weight is 290 g/mol. The number of hydrogen-bond donors (Lipinski definition) is 0. The van der Waals surface area contributed by atoms with E-state index >= 15 is 0 Å². The molecule has 6 heteroatoms. The van der Waals surface area contributed by atoms with Crippen molar-refractivity contribution < 1.29 is 9.53 Å². The highest BCUT2D eigenvalue weighted by molar-refractivity contribution is 7.18.